The molecule has 0 spiro atoms. The van der Waals surface area contributed by atoms with E-state index >= 15 is 0 Å². The minimum atomic E-state index is -0.811. The number of ether oxygens (including phenoxy) is 1. The second-order valence-corrected chi connectivity index (χ2v) is 7.28. The summed E-state index contributed by atoms with van der Waals surface area (Å²) in [6, 6.07) is 8.66. The van der Waals surface area contributed by atoms with Gasteiger partial charge in [0, 0.05) is 5.56 Å². The van der Waals surface area contributed by atoms with Gasteiger partial charge in [0.2, 0.25) is 5.91 Å². The standard InChI is InChI=1S/C20H26N2O4/c1-20(2,3)26-19(25)21-17(23)14-22(16-12-8-5-9-13-16)18(24)15-10-6-4-7-11-15/h4,6-8,10-12,16H,5,9,13-14H2,1-3H3,(H,21,23,25). The first kappa shape index (κ1) is 19.7. The summed E-state index contributed by atoms with van der Waals surface area (Å²) in [5.74, 6) is -0.802. The van der Waals surface area contributed by atoms with E-state index in [1.165, 1.54) is 4.90 Å². The van der Waals surface area contributed by atoms with Crippen LogP contribution in [-0.4, -0.2) is 41.0 Å². The Hall–Kier alpha value is -2.63. The molecule has 1 unspecified atom stereocenters. The van der Waals surface area contributed by atoms with Crippen molar-refractivity contribution in [3.8, 4) is 0 Å². The maximum absolute atomic E-state index is 12.9. The highest BCUT2D eigenvalue weighted by Crippen LogP contribution is 2.19. The molecular formula is C20H26N2O4. The van der Waals surface area contributed by atoms with Gasteiger partial charge in [-0.1, -0.05) is 30.4 Å². The maximum Gasteiger partial charge on any atom is 0.414 e. The Bertz CT molecular complexity index is 677. The molecule has 1 aliphatic carbocycles. The van der Waals surface area contributed by atoms with E-state index in [0.29, 0.717) is 5.56 Å². The van der Waals surface area contributed by atoms with Gasteiger partial charge < -0.3 is 9.64 Å². The number of rotatable bonds is 4. The Labute approximate surface area is 154 Å². The molecule has 0 radical (unpaired) electrons. The van der Waals surface area contributed by atoms with Gasteiger partial charge in [0.15, 0.2) is 0 Å². The lowest BCUT2D eigenvalue weighted by Crippen LogP contribution is -2.48. The fourth-order valence-electron chi connectivity index (χ4n) is 2.75. The van der Waals surface area contributed by atoms with Gasteiger partial charge in [0.05, 0.1) is 6.04 Å². The number of amides is 3. The molecule has 1 atom stereocenters. The van der Waals surface area contributed by atoms with E-state index in [-0.39, 0.29) is 18.5 Å². The van der Waals surface area contributed by atoms with Crippen LogP contribution in [0.2, 0.25) is 0 Å². The summed E-state index contributed by atoms with van der Waals surface area (Å²) in [6.45, 7) is 4.95. The highest BCUT2D eigenvalue weighted by molar-refractivity contribution is 5.99. The molecule has 6 heteroatoms. The van der Waals surface area contributed by atoms with Gasteiger partial charge in [-0.2, -0.15) is 0 Å². The minimum absolute atomic E-state index is 0.166. The number of imide groups is 1. The SMILES string of the molecule is CC(C)(C)OC(=O)NC(=O)CN(C(=O)c1ccccc1)C1C=CCCC1. The number of hydrogen-bond acceptors (Lipinski definition) is 4. The van der Waals surface area contributed by atoms with Crippen LogP contribution in [0, 0.1) is 0 Å². The first-order valence-corrected chi connectivity index (χ1v) is 8.82. The quantitative estimate of drug-likeness (QED) is 0.838. The van der Waals surface area contributed by atoms with Crippen molar-refractivity contribution in [1.29, 1.82) is 0 Å². The van der Waals surface area contributed by atoms with Crippen molar-refractivity contribution in [1.82, 2.24) is 10.2 Å². The van der Waals surface area contributed by atoms with Crippen molar-refractivity contribution in [2.75, 3.05) is 6.54 Å². The average Bonchev–Trinajstić information content (AvgIpc) is 2.59. The van der Waals surface area contributed by atoms with Gasteiger partial charge >= 0.3 is 6.09 Å². The Balaban J connectivity index is 2.10. The van der Waals surface area contributed by atoms with Crippen molar-refractivity contribution in [3.63, 3.8) is 0 Å². The highest BCUT2D eigenvalue weighted by Gasteiger charge is 2.27. The van der Waals surface area contributed by atoms with Crippen molar-refractivity contribution < 1.29 is 19.1 Å². The van der Waals surface area contributed by atoms with Crippen LogP contribution in [0.1, 0.15) is 50.4 Å². The van der Waals surface area contributed by atoms with Crippen LogP contribution in [0.15, 0.2) is 42.5 Å². The first-order chi connectivity index (χ1) is 12.3. The molecule has 1 aromatic rings. The summed E-state index contributed by atoms with van der Waals surface area (Å²) in [6.07, 6.45) is 5.86. The summed E-state index contributed by atoms with van der Waals surface area (Å²) < 4.78 is 5.09. The monoisotopic (exact) mass is 358 g/mol. The molecule has 0 fully saturated rings. The molecule has 0 saturated carbocycles. The number of allylic oxidation sites excluding steroid dienone is 1. The fraction of sp³-hybridized carbons (Fsp3) is 0.450. The molecule has 0 bridgehead atoms. The highest BCUT2D eigenvalue weighted by atomic mass is 16.6. The number of nitrogens with one attached hydrogen (secondary N) is 1. The third kappa shape index (κ3) is 6.02. The van der Waals surface area contributed by atoms with Crippen molar-refractivity contribution >= 4 is 17.9 Å². The molecule has 2 rings (SSSR count). The molecule has 26 heavy (non-hydrogen) atoms. The zero-order valence-electron chi connectivity index (χ0n) is 15.5. The molecule has 0 heterocycles. The Morgan fingerprint density at radius 2 is 1.88 bits per heavy atom. The summed E-state index contributed by atoms with van der Waals surface area (Å²) in [5.41, 5.74) is -0.188. The van der Waals surface area contributed by atoms with E-state index in [0.717, 1.165) is 19.3 Å². The third-order valence-electron chi connectivity index (χ3n) is 3.87. The zero-order chi connectivity index (χ0) is 19.2. The van der Waals surface area contributed by atoms with Gasteiger partial charge in [0.25, 0.3) is 5.91 Å². The topological polar surface area (TPSA) is 75.7 Å². The average molecular weight is 358 g/mol. The predicted molar refractivity (Wildman–Crippen MR) is 98.6 cm³/mol. The molecule has 1 N–H and O–H groups in total. The van der Waals surface area contributed by atoms with Crippen LogP contribution >= 0.6 is 0 Å². The molecule has 1 aliphatic rings. The second-order valence-electron chi connectivity index (χ2n) is 7.28. The predicted octanol–water partition coefficient (Wildman–Crippen LogP) is 3.29. The Kier molecular flexibility index (Phi) is 6.55. The largest absolute Gasteiger partial charge is 0.444 e. The molecule has 140 valence electrons. The van der Waals surface area contributed by atoms with Gasteiger partial charge in [-0.3, -0.25) is 14.9 Å². The van der Waals surface area contributed by atoms with Crippen LogP contribution in [0.25, 0.3) is 0 Å². The number of hydrogen-bond donors (Lipinski definition) is 1. The number of benzene rings is 1. The third-order valence-corrected chi connectivity index (χ3v) is 3.87. The van der Waals surface area contributed by atoms with E-state index in [4.69, 9.17) is 4.74 Å². The molecule has 0 aliphatic heterocycles. The number of alkyl carbamates (subject to hydrolysis) is 1. The lowest BCUT2D eigenvalue weighted by molar-refractivity contribution is -0.121. The van der Waals surface area contributed by atoms with E-state index in [1.807, 2.05) is 18.2 Å². The molecule has 1 aromatic carbocycles. The lowest BCUT2D eigenvalue weighted by Gasteiger charge is -2.31. The molecule has 3 amide bonds. The zero-order valence-corrected chi connectivity index (χ0v) is 15.5. The van der Waals surface area contributed by atoms with Crippen molar-refractivity contribution in [3.05, 3.63) is 48.0 Å². The normalized spacial score (nSPS) is 16.7. The van der Waals surface area contributed by atoms with Gasteiger partial charge in [-0.05, 0) is 52.2 Å². The molecular weight excluding hydrogens is 332 g/mol. The van der Waals surface area contributed by atoms with Gasteiger partial charge in [-0.25, -0.2) is 4.79 Å². The van der Waals surface area contributed by atoms with E-state index in [9.17, 15) is 14.4 Å². The van der Waals surface area contributed by atoms with Crippen LogP contribution in [0.5, 0.6) is 0 Å². The van der Waals surface area contributed by atoms with Crippen LogP contribution in [0.4, 0.5) is 4.79 Å². The first-order valence-electron chi connectivity index (χ1n) is 8.82. The van der Waals surface area contributed by atoms with Crippen molar-refractivity contribution in [2.24, 2.45) is 0 Å². The minimum Gasteiger partial charge on any atom is -0.444 e. The van der Waals surface area contributed by atoms with Gasteiger partial charge in [0.1, 0.15) is 12.1 Å². The van der Waals surface area contributed by atoms with Crippen LogP contribution in [0.3, 0.4) is 0 Å². The lowest BCUT2D eigenvalue weighted by atomic mass is 10.0. The summed E-state index contributed by atoms with van der Waals surface area (Å²) in [4.78, 5) is 38.5. The molecule has 0 saturated heterocycles. The number of carbonyl (C=O) groups is 3. The van der Waals surface area contributed by atoms with Crippen LogP contribution < -0.4 is 5.32 Å². The number of nitrogens with zero attached hydrogens (tertiary/aromatic N) is 1. The van der Waals surface area contributed by atoms with E-state index in [1.54, 1.807) is 45.0 Å². The maximum atomic E-state index is 12.9. The smallest absolute Gasteiger partial charge is 0.414 e. The van der Waals surface area contributed by atoms with E-state index < -0.39 is 17.6 Å². The molecule has 6 nitrogen and oxygen atoms in total. The summed E-state index contributed by atoms with van der Waals surface area (Å²) >= 11 is 0. The Morgan fingerprint density at radius 3 is 2.46 bits per heavy atom. The molecule has 0 aromatic heterocycles. The second kappa shape index (κ2) is 8.65. The van der Waals surface area contributed by atoms with Gasteiger partial charge in [-0.15, -0.1) is 0 Å². The van der Waals surface area contributed by atoms with Crippen LogP contribution in [-0.2, 0) is 9.53 Å². The number of carbonyl (C=O) groups excluding carboxylic acids is 3. The Morgan fingerprint density at radius 1 is 1.19 bits per heavy atom. The van der Waals surface area contributed by atoms with Crippen molar-refractivity contribution in [2.45, 2.75) is 51.7 Å². The summed E-state index contributed by atoms with van der Waals surface area (Å²) in [5, 5.41) is 2.19. The fourth-order valence-corrected chi connectivity index (χ4v) is 2.75. The van der Waals surface area contributed by atoms with E-state index in [2.05, 4.69) is 5.32 Å². The summed E-state index contributed by atoms with van der Waals surface area (Å²) in [7, 11) is 0.